The molecule has 1 aromatic carbocycles. The van der Waals surface area contributed by atoms with Gasteiger partial charge in [0, 0.05) is 17.8 Å². The van der Waals surface area contributed by atoms with E-state index in [2.05, 4.69) is 14.9 Å². The van der Waals surface area contributed by atoms with Gasteiger partial charge in [0.25, 0.3) is 5.91 Å². The molecule has 1 aliphatic rings. The molecule has 2 N–H and O–H groups in total. The second-order valence-corrected chi connectivity index (χ2v) is 8.69. The summed E-state index contributed by atoms with van der Waals surface area (Å²) in [4.78, 5) is 33.9. The van der Waals surface area contributed by atoms with E-state index >= 15 is 0 Å². The Labute approximate surface area is 187 Å². The van der Waals surface area contributed by atoms with Crippen LogP contribution in [0.5, 0.6) is 0 Å². The van der Waals surface area contributed by atoms with Gasteiger partial charge in [0.1, 0.15) is 11.7 Å². The molecule has 0 radical (unpaired) electrons. The number of carbonyl (C=O) groups excluding carboxylic acids is 1. The summed E-state index contributed by atoms with van der Waals surface area (Å²) in [5.74, 6) is -0.770. The number of nitrogens with one attached hydrogen (secondary N) is 1. The van der Waals surface area contributed by atoms with Crippen LogP contribution in [0.15, 0.2) is 42.6 Å². The van der Waals surface area contributed by atoms with Crippen LogP contribution in [0.25, 0.3) is 22.6 Å². The highest BCUT2D eigenvalue weighted by Crippen LogP contribution is 2.35. The minimum atomic E-state index is -1.02. The number of aliphatic carboxylic acids is 1. The summed E-state index contributed by atoms with van der Waals surface area (Å²) in [5.41, 5.74) is 2.92. The predicted molar refractivity (Wildman–Crippen MR) is 123 cm³/mol. The lowest BCUT2D eigenvalue weighted by molar-refractivity contribution is -0.140. The van der Waals surface area contributed by atoms with Crippen LogP contribution in [0.2, 0.25) is 0 Å². The van der Waals surface area contributed by atoms with Crippen molar-refractivity contribution in [3.05, 3.63) is 48.2 Å². The molecule has 1 saturated carbocycles. The highest BCUT2D eigenvalue weighted by molar-refractivity contribution is 5.99. The normalized spacial score (nSPS) is 16.6. The van der Waals surface area contributed by atoms with Gasteiger partial charge in [0.15, 0.2) is 5.82 Å². The van der Waals surface area contributed by atoms with Crippen LogP contribution in [0.4, 0.5) is 0 Å². The molecular formula is C25H30N4O3. The number of rotatable bonds is 7. The second-order valence-electron chi connectivity index (χ2n) is 8.69. The molecular weight excluding hydrogens is 404 g/mol. The van der Waals surface area contributed by atoms with Crippen molar-refractivity contribution < 1.29 is 14.7 Å². The molecule has 0 bridgehead atoms. The Balaban J connectivity index is 1.73. The van der Waals surface area contributed by atoms with E-state index in [1.165, 1.54) is 19.3 Å². The molecule has 32 heavy (non-hydrogen) atoms. The van der Waals surface area contributed by atoms with Gasteiger partial charge in [0.05, 0.1) is 11.0 Å². The van der Waals surface area contributed by atoms with Gasteiger partial charge in [-0.1, -0.05) is 45.6 Å². The fourth-order valence-corrected chi connectivity index (χ4v) is 4.53. The highest BCUT2D eigenvalue weighted by atomic mass is 16.4. The van der Waals surface area contributed by atoms with Crippen molar-refractivity contribution in [2.45, 2.75) is 64.5 Å². The Morgan fingerprint density at radius 1 is 1.19 bits per heavy atom. The number of hydrogen-bond donors (Lipinski definition) is 2. The molecule has 2 aromatic heterocycles. The molecule has 7 heteroatoms. The number of carboxylic acids is 1. The van der Waals surface area contributed by atoms with Gasteiger partial charge in [0.2, 0.25) is 0 Å². The SMILES string of the molecule is CC[C@H](C)[C@H](NC(=O)c1ccc2c(c1)nc(-c1ccccn1)n2C1CCCCC1)C(=O)O. The van der Waals surface area contributed by atoms with Crippen LogP contribution in [-0.2, 0) is 4.79 Å². The molecule has 1 amide bonds. The van der Waals surface area contributed by atoms with E-state index in [0.29, 0.717) is 18.0 Å². The van der Waals surface area contributed by atoms with E-state index < -0.39 is 17.9 Å². The van der Waals surface area contributed by atoms with Gasteiger partial charge in [-0.25, -0.2) is 9.78 Å². The zero-order valence-electron chi connectivity index (χ0n) is 18.6. The number of hydrogen-bond acceptors (Lipinski definition) is 4. The number of carbonyl (C=O) groups is 2. The molecule has 2 heterocycles. The van der Waals surface area contributed by atoms with Crippen molar-refractivity contribution in [3.8, 4) is 11.5 Å². The van der Waals surface area contributed by atoms with E-state index in [1.54, 1.807) is 18.3 Å². The van der Waals surface area contributed by atoms with Gasteiger partial charge in [-0.2, -0.15) is 0 Å². The molecule has 1 fully saturated rings. The van der Waals surface area contributed by atoms with Crippen molar-refractivity contribution in [2.24, 2.45) is 5.92 Å². The van der Waals surface area contributed by atoms with Crippen LogP contribution in [0.1, 0.15) is 68.8 Å². The van der Waals surface area contributed by atoms with E-state index in [4.69, 9.17) is 4.98 Å². The van der Waals surface area contributed by atoms with E-state index in [1.807, 2.05) is 38.1 Å². The number of carboxylic acid groups (broad SMARTS) is 1. The Morgan fingerprint density at radius 2 is 1.97 bits per heavy atom. The first kappa shape index (κ1) is 22.0. The van der Waals surface area contributed by atoms with Crippen molar-refractivity contribution in [3.63, 3.8) is 0 Å². The first-order valence-electron chi connectivity index (χ1n) is 11.5. The zero-order valence-corrected chi connectivity index (χ0v) is 18.6. The summed E-state index contributed by atoms with van der Waals surface area (Å²) in [6, 6.07) is 10.7. The molecule has 3 aromatic rings. The molecule has 0 aliphatic heterocycles. The fraction of sp³-hybridized carbons (Fsp3) is 0.440. The lowest BCUT2D eigenvalue weighted by Gasteiger charge is -2.25. The average molecular weight is 435 g/mol. The van der Waals surface area contributed by atoms with Crippen molar-refractivity contribution in [1.29, 1.82) is 0 Å². The highest BCUT2D eigenvalue weighted by Gasteiger charge is 2.27. The van der Waals surface area contributed by atoms with E-state index in [0.717, 1.165) is 35.4 Å². The summed E-state index contributed by atoms with van der Waals surface area (Å²) >= 11 is 0. The third kappa shape index (κ3) is 4.38. The first-order valence-corrected chi connectivity index (χ1v) is 11.5. The van der Waals surface area contributed by atoms with Crippen LogP contribution < -0.4 is 5.32 Å². The standard InChI is InChI=1S/C25H30N4O3/c1-3-16(2)22(25(31)32)28-24(30)17-12-13-21-20(15-17)27-23(19-11-7-8-14-26-19)29(21)18-9-5-4-6-10-18/h7-8,11-16,18,22H,3-6,9-10H2,1-2H3,(H,28,30)(H,31,32)/t16-,22-/m0/s1. The molecule has 0 saturated heterocycles. The van der Waals surface area contributed by atoms with Crippen molar-refractivity contribution in [2.75, 3.05) is 0 Å². The lowest BCUT2D eigenvalue weighted by Crippen LogP contribution is -2.45. The predicted octanol–water partition coefficient (Wildman–Crippen LogP) is 4.83. The Bertz CT molecular complexity index is 1100. The third-order valence-corrected chi connectivity index (χ3v) is 6.55. The molecule has 168 valence electrons. The smallest absolute Gasteiger partial charge is 0.326 e. The van der Waals surface area contributed by atoms with Gasteiger partial charge in [-0.05, 0) is 49.1 Å². The largest absolute Gasteiger partial charge is 0.480 e. The average Bonchev–Trinajstić information content (AvgIpc) is 3.21. The van der Waals surface area contributed by atoms with Gasteiger partial charge < -0.3 is 15.0 Å². The van der Waals surface area contributed by atoms with Crippen LogP contribution in [0, 0.1) is 5.92 Å². The van der Waals surface area contributed by atoms with Gasteiger partial charge >= 0.3 is 5.97 Å². The Hall–Kier alpha value is -3.22. The maximum atomic E-state index is 12.9. The summed E-state index contributed by atoms with van der Waals surface area (Å²) < 4.78 is 2.28. The maximum Gasteiger partial charge on any atom is 0.326 e. The number of amides is 1. The van der Waals surface area contributed by atoms with Crippen molar-refractivity contribution in [1.82, 2.24) is 19.9 Å². The summed E-state index contributed by atoms with van der Waals surface area (Å²) in [6.07, 6.45) is 8.27. The summed E-state index contributed by atoms with van der Waals surface area (Å²) in [6.45, 7) is 3.74. The molecule has 2 atom stereocenters. The second kappa shape index (κ2) is 9.51. The fourth-order valence-electron chi connectivity index (χ4n) is 4.53. The minimum absolute atomic E-state index is 0.165. The quantitative estimate of drug-likeness (QED) is 0.555. The third-order valence-electron chi connectivity index (χ3n) is 6.55. The molecule has 0 spiro atoms. The molecule has 1 aliphatic carbocycles. The number of pyridine rings is 1. The number of benzene rings is 1. The van der Waals surface area contributed by atoms with Crippen LogP contribution >= 0.6 is 0 Å². The topological polar surface area (TPSA) is 97.1 Å². The van der Waals surface area contributed by atoms with Crippen LogP contribution in [0.3, 0.4) is 0 Å². The maximum absolute atomic E-state index is 12.9. The first-order chi connectivity index (χ1) is 15.5. The van der Waals surface area contributed by atoms with Gasteiger partial charge in [-0.15, -0.1) is 0 Å². The van der Waals surface area contributed by atoms with Crippen LogP contribution in [-0.4, -0.2) is 37.6 Å². The number of aromatic nitrogens is 3. The minimum Gasteiger partial charge on any atom is -0.480 e. The Kier molecular flexibility index (Phi) is 6.53. The molecule has 0 unspecified atom stereocenters. The molecule has 4 rings (SSSR count). The van der Waals surface area contributed by atoms with E-state index in [-0.39, 0.29) is 5.92 Å². The monoisotopic (exact) mass is 434 g/mol. The zero-order chi connectivity index (χ0) is 22.7. The molecule has 7 nitrogen and oxygen atoms in total. The number of nitrogens with zero attached hydrogens (tertiary/aromatic N) is 3. The Morgan fingerprint density at radius 3 is 2.62 bits per heavy atom. The number of fused-ring (bicyclic) bond motifs is 1. The summed E-state index contributed by atoms with van der Waals surface area (Å²) in [5, 5.41) is 12.2. The lowest BCUT2D eigenvalue weighted by atomic mass is 9.95. The summed E-state index contributed by atoms with van der Waals surface area (Å²) in [7, 11) is 0. The van der Waals surface area contributed by atoms with Crippen molar-refractivity contribution >= 4 is 22.9 Å². The van der Waals surface area contributed by atoms with E-state index in [9.17, 15) is 14.7 Å². The van der Waals surface area contributed by atoms with Gasteiger partial charge in [-0.3, -0.25) is 9.78 Å². The number of imidazole rings is 1.